The third-order valence-electron chi connectivity index (χ3n) is 2.92. The van der Waals surface area contributed by atoms with Gasteiger partial charge in [0.2, 0.25) is 0 Å². The Morgan fingerprint density at radius 1 is 1.35 bits per heavy atom. The Morgan fingerprint density at radius 2 is 2.15 bits per heavy atom. The number of benzene rings is 1. The molecule has 1 aromatic carbocycles. The van der Waals surface area contributed by atoms with Crippen molar-refractivity contribution in [3.63, 3.8) is 0 Å². The van der Waals surface area contributed by atoms with Gasteiger partial charge in [0.05, 0.1) is 28.9 Å². The molecule has 1 amide bonds. The zero-order valence-electron chi connectivity index (χ0n) is 10.3. The summed E-state index contributed by atoms with van der Waals surface area (Å²) in [5.41, 5.74) is 6.67. The standard InChI is InChI=1S/C14H9N5O/c15-6-9-5-13(18-12-4-2-1-3-11(9)12)19-8-10(7-17-19)14(16)20/h1-5,7-8H,(H2,16,20). The Balaban J connectivity index is 2.21. The molecule has 2 aromatic heterocycles. The van der Waals surface area contributed by atoms with E-state index in [1.54, 1.807) is 6.07 Å². The molecule has 0 atom stereocenters. The Bertz CT molecular complexity index is 859. The van der Waals surface area contributed by atoms with Gasteiger partial charge in [-0.15, -0.1) is 0 Å². The second-order valence-electron chi connectivity index (χ2n) is 4.19. The predicted octanol–water partition coefficient (Wildman–Crippen LogP) is 1.39. The molecule has 2 N–H and O–H groups in total. The maximum Gasteiger partial charge on any atom is 0.251 e. The molecule has 0 fully saturated rings. The summed E-state index contributed by atoms with van der Waals surface area (Å²) in [5.74, 6) is -0.0923. The maximum atomic E-state index is 11.1. The summed E-state index contributed by atoms with van der Waals surface area (Å²) in [4.78, 5) is 15.5. The first-order valence-corrected chi connectivity index (χ1v) is 5.84. The van der Waals surface area contributed by atoms with Crippen LogP contribution in [0.15, 0.2) is 42.7 Å². The van der Waals surface area contributed by atoms with Gasteiger partial charge in [-0.05, 0) is 6.07 Å². The number of nitriles is 1. The predicted molar refractivity (Wildman–Crippen MR) is 72.1 cm³/mol. The fraction of sp³-hybridized carbons (Fsp3) is 0. The van der Waals surface area contributed by atoms with E-state index in [1.807, 2.05) is 24.3 Å². The second-order valence-corrected chi connectivity index (χ2v) is 4.19. The first kappa shape index (κ1) is 11.9. The van der Waals surface area contributed by atoms with Crippen molar-refractivity contribution in [2.75, 3.05) is 0 Å². The molecule has 0 unspecified atom stereocenters. The normalized spacial score (nSPS) is 10.3. The van der Waals surface area contributed by atoms with Crippen LogP contribution < -0.4 is 5.73 Å². The van der Waals surface area contributed by atoms with Gasteiger partial charge in [-0.1, -0.05) is 18.2 Å². The van der Waals surface area contributed by atoms with Gasteiger partial charge in [-0.2, -0.15) is 10.4 Å². The van der Waals surface area contributed by atoms with Gasteiger partial charge in [0.25, 0.3) is 5.91 Å². The molecule has 6 nitrogen and oxygen atoms in total. The highest BCUT2D eigenvalue weighted by Crippen LogP contribution is 2.19. The van der Waals surface area contributed by atoms with Crippen LogP contribution in [0.3, 0.4) is 0 Å². The molecule has 2 heterocycles. The number of hydrogen-bond donors (Lipinski definition) is 1. The molecule has 6 heteroatoms. The van der Waals surface area contributed by atoms with Crippen LogP contribution in [0.1, 0.15) is 15.9 Å². The molecule has 0 aliphatic carbocycles. The fourth-order valence-electron chi connectivity index (χ4n) is 1.95. The summed E-state index contributed by atoms with van der Waals surface area (Å²) in [6.07, 6.45) is 2.85. The molecule has 0 saturated carbocycles. The minimum absolute atomic E-state index is 0.290. The zero-order valence-corrected chi connectivity index (χ0v) is 10.3. The van der Waals surface area contributed by atoms with E-state index in [0.717, 1.165) is 5.39 Å². The van der Waals surface area contributed by atoms with Crippen LogP contribution in [-0.4, -0.2) is 20.7 Å². The number of nitrogens with two attached hydrogens (primary N) is 1. The van der Waals surface area contributed by atoms with Gasteiger partial charge in [0, 0.05) is 17.6 Å². The number of amides is 1. The van der Waals surface area contributed by atoms with Crippen LogP contribution >= 0.6 is 0 Å². The van der Waals surface area contributed by atoms with Crippen LogP contribution in [0.5, 0.6) is 0 Å². The molecule has 0 saturated heterocycles. The highest BCUT2D eigenvalue weighted by Gasteiger charge is 2.09. The Morgan fingerprint density at radius 3 is 2.85 bits per heavy atom. The summed E-state index contributed by atoms with van der Waals surface area (Å²) in [6, 6.07) is 11.1. The minimum Gasteiger partial charge on any atom is -0.366 e. The first-order chi connectivity index (χ1) is 9.69. The topological polar surface area (TPSA) is 97.6 Å². The van der Waals surface area contributed by atoms with Crippen LogP contribution in [0.2, 0.25) is 0 Å². The largest absolute Gasteiger partial charge is 0.366 e. The van der Waals surface area contributed by atoms with Crippen LogP contribution in [0.4, 0.5) is 0 Å². The maximum absolute atomic E-state index is 11.1. The molecule has 20 heavy (non-hydrogen) atoms. The highest BCUT2D eigenvalue weighted by atomic mass is 16.1. The Labute approximate surface area is 114 Å². The number of hydrogen-bond acceptors (Lipinski definition) is 4. The quantitative estimate of drug-likeness (QED) is 0.755. The van der Waals surface area contributed by atoms with Crippen molar-refractivity contribution in [1.82, 2.24) is 14.8 Å². The number of rotatable bonds is 2. The number of nitrogens with zero attached hydrogens (tertiary/aromatic N) is 4. The van der Waals surface area contributed by atoms with E-state index in [2.05, 4.69) is 16.2 Å². The number of carbonyl (C=O) groups is 1. The van der Waals surface area contributed by atoms with Crippen molar-refractivity contribution >= 4 is 16.8 Å². The SMILES string of the molecule is N#Cc1cc(-n2cc(C(N)=O)cn2)nc2ccccc12. The van der Waals surface area contributed by atoms with Crippen LogP contribution in [0.25, 0.3) is 16.7 Å². The molecule has 0 bridgehead atoms. The van der Waals surface area contributed by atoms with Crippen LogP contribution in [-0.2, 0) is 0 Å². The summed E-state index contributed by atoms with van der Waals surface area (Å²) in [7, 11) is 0. The van der Waals surface area contributed by atoms with E-state index in [1.165, 1.54) is 17.1 Å². The number of aromatic nitrogens is 3. The van der Waals surface area contributed by atoms with Crippen molar-refractivity contribution < 1.29 is 4.79 Å². The molecule has 0 radical (unpaired) electrons. The fourth-order valence-corrected chi connectivity index (χ4v) is 1.95. The molecular weight excluding hydrogens is 254 g/mol. The van der Waals surface area contributed by atoms with E-state index >= 15 is 0 Å². The number of primary amides is 1. The molecule has 3 aromatic rings. The lowest BCUT2D eigenvalue weighted by molar-refractivity contribution is 0.100. The summed E-state index contributed by atoms with van der Waals surface area (Å²) >= 11 is 0. The summed E-state index contributed by atoms with van der Waals surface area (Å²) in [6.45, 7) is 0. The molecule has 3 rings (SSSR count). The van der Waals surface area contributed by atoms with Gasteiger partial charge >= 0.3 is 0 Å². The van der Waals surface area contributed by atoms with Crippen molar-refractivity contribution in [2.24, 2.45) is 5.73 Å². The van der Waals surface area contributed by atoms with Gasteiger partial charge < -0.3 is 5.73 Å². The number of para-hydroxylation sites is 1. The highest BCUT2D eigenvalue weighted by molar-refractivity contribution is 5.92. The zero-order chi connectivity index (χ0) is 14.1. The molecular formula is C14H9N5O. The minimum atomic E-state index is -0.558. The van der Waals surface area contributed by atoms with Crippen LogP contribution in [0, 0.1) is 11.3 Å². The molecule has 0 spiro atoms. The Hall–Kier alpha value is -3.20. The van der Waals surface area contributed by atoms with Crippen molar-refractivity contribution in [2.45, 2.75) is 0 Å². The van der Waals surface area contributed by atoms with Gasteiger partial charge in [-0.3, -0.25) is 4.79 Å². The van der Waals surface area contributed by atoms with E-state index in [0.29, 0.717) is 22.5 Å². The molecule has 0 aliphatic heterocycles. The Kier molecular flexibility index (Phi) is 2.66. The van der Waals surface area contributed by atoms with Crippen molar-refractivity contribution in [3.05, 3.63) is 53.9 Å². The lowest BCUT2D eigenvalue weighted by atomic mass is 10.1. The molecule has 96 valence electrons. The van der Waals surface area contributed by atoms with E-state index in [-0.39, 0.29) is 0 Å². The van der Waals surface area contributed by atoms with Gasteiger partial charge in [-0.25, -0.2) is 9.67 Å². The van der Waals surface area contributed by atoms with Gasteiger partial charge in [0.15, 0.2) is 5.82 Å². The first-order valence-electron chi connectivity index (χ1n) is 5.84. The lowest BCUT2D eigenvalue weighted by Gasteiger charge is -2.04. The second kappa shape index (κ2) is 4.48. The average molecular weight is 263 g/mol. The molecule has 0 aliphatic rings. The smallest absolute Gasteiger partial charge is 0.251 e. The number of pyridine rings is 1. The lowest BCUT2D eigenvalue weighted by Crippen LogP contribution is -2.09. The third-order valence-corrected chi connectivity index (χ3v) is 2.92. The van der Waals surface area contributed by atoms with Crippen molar-refractivity contribution in [3.8, 4) is 11.9 Å². The third kappa shape index (κ3) is 1.87. The van der Waals surface area contributed by atoms with Crippen molar-refractivity contribution in [1.29, 1.82) is 5.26 Å². The number of carbonyl (C=O) groups excluding carboxylic acids is 1. The number of fused-ring (bicyclic) bond motifs is 1. The van der Waals surface area contributed by atoms with E-state index in [4.69, 9.17) is 5.73 Å². The summed E-state index contributed by atoms with van der Waals surface area (Å²) in [5, 5.41) is 14.0. The average Bonchev–Trinajstić information content (AvgIpc) is 2.96. The summed E-state index contributed by atoms with van der Waals surface area (Å²) < 4.78 is 1.42. The van der Waals surface area contributed by atoms with E-state index in [9.17, 15) is 10.1 Å². The van der Waals surface area contributed by atoms with E-state index < -0.39 is 5.91 Å². The van der Waals surface area contributed by atoms with Gasteiger partial charge in [0.1, 0.15) is 0 Å². The monoisotopic (exact) mass is 263 g/mol.